The van der Waals surface area contributed by atoms with Gasteiger partial charge in [-0.1, -0.05) is 0 Å². The predicted molar refractivity (Wildman–Crippen MR) is 81.7 cm³/mol. The highest BCUT2D eigenvalue weighted by molar-refractivity contribution is 7.71. The van der Waals surface area contributed by atoms with Crippen molar-refractivity contribution in [2.24, 2.45) is 5.10 Å². The number of benzene rings is 1. The number of ether oxygens (including phenoxy) is 1. The lowest BCUT2D eigenvalue weighted by Crippen LogP contribution is -1.98. The van der Waals surface area contributed by atoms with E-state index in [4.69, 9.17) is 17.0 Å². The zero-order chi connectivity index (χ0) is 14.8. The number of rotatable bonds is 5. The second-order valence-corrected chi connectivity index (χ2v) is 5.26. The average Bonchev–Trinajstić information content (AvgIpc) is 3.24. The Morgan fingerprint density at radius 1 is 1.57 bits per heavy atom. The summed E-state index contributed by atoms with van der Waals surface area (Å²) in [5, 5.41) is 21.1. The summed E-state index contributed by atoms with van der Waals surface area (Å²) in [5.41, 5.74) is 0.820. The topological polar surface area (TPSA) is 75.4 Å². The van der Waals surface area contributed by atoms with Crippen LogP contribution in [0.3, 0.4) is 0 Å². The molecule has 1 aliphatic carbocycles. The number of nitrogens with one attached hydrogen (secondary N) is 1. The molecule has 7 heteroatoms. The van der Waals surface area contributed by atoms with Crippen molar-refractivity contribution >= 4 is 18.4 Å². The number of aromatic nitrogens is 3. The summed E-state index contributed by atoms with van der Waals surface area (Å²) in [4.78, 5) is 0. The van der Waals surface area contributed by atoms with Crippen LogP contribution in [0.15, 0.2) is 23.3 Å². The van der Waals surface area contributed by atoms with E-state index in [-0.39, 0.29) is 5.75 Å². The first-order valence-corrected chi connectivity index (χ1v) is 7.27. The molecule has 1 aromatic heterocycles. The molecule has 110 valence electrons. The summed E-state index contributed by atoms with van der Waals surface area (Å²) in [6, 6.07) is 5.09. The minimum absolute atomic E-state index is 0.118. The predicted octanol–water partition coefficient (Wildman–Crippen LogP) is 2.80. The quantitative estimate of drug-likeness (QED) is 0.658. The molecule has 1 saturated carbocycles. The first-order valence-electron chi connectivity index (χ1n) is 6.86. The largest absolute Gasteiger partial charge is 0.504 e. The summed E-state index contributed by atoms with van der Waals surface area (Å²) < 4.78 is 7.49. The van der Waals surface area contributed by atoms with Crippen molar-refractivity contribution in [2.45, 2.75) is 25.7 Å². The van der Waals surface area contributed by atoms with Crippen LogP contribution in [-0.4, -0.2) is 32.8 Å². The lowest BCUT2D eigenvalue weighted by molar-refractivity contribution is 0.318. The monoisotopic (exact) mass is 304 g/mol. The lowest BCUT2D eigenvalue weighted by atomic mass is 10.2. The van der Waals surface area contributed by atoms with Gasteiger partial charge in [0.1, 0.15) is 0 Å². The van der Waals surface area contributed by atoms with Crippen molar-refractivity contribution in [1.29, 1.82) is 0 Å². The maximum atomic E-state index is 9.68. The first-order chi connectivity index (χ1) is 10.2. The minimum atomic E-state index is 0.118. The van der Waals surface area contributed by atoms with E-state index in [1.165, 1.54) is 0 Å². The van der Waals surface area contributed by atoms with Crippen LogP contribution in [0.4, 0.5) is 0 Å². The summed E-state index contributed by atoms with van der Waals surface area (Å²) in [6.07, 6.45) is 3.94. The average molecular weight is 304 g/mol. The van der Waals surface area contributed by atoms with E-state index in [1.54, 1.807) is 29.1 Å². The molecule has 0 amide bonds. The molecule has 0 bridgehead atoms. The normalized spacial score (nSPS) is 14.7. The fourth-order valence-corrected chi connectivity index (χ4v) is 2.21. The van der Waals surface area contributed by atoms with Crippen molar-refractivity contribution < 1.29 is 9.84 Å². The number of hydrogen-bond donors (Lipinski definition) is 2. The molecular weight excluding hydrogens is 288 g/mol. The van der Waals surface area contributed by atoms with Crippen molar-refractivity contribution in [3.8, 4) is 11.5 Å². The van der Waals surface area contributed by atoms with Crippen molar-refractivity contribution in [3.05, 3.63) is 34.4 Å². The molecular formula is C14H16N4O2S. The molecule has 0 atom stereocenters. The minimum Gasteiger partial charge on any atom is -0.504 e. The van der Waals surface area contributed by atoms with E-state index < -0.39 is 0 Å². The van der Waals surface area contributed by atoms with Gasteiger partial charge in [0.25, 0.3) is 0 Å². The molecule has 2 aromatic rings. The number of hydrogen-bond acceptors (Lipinski definition) is 5. The Morgan fingerprint density at radius 2 is 2.38 bits per heavy atom. The van der Waals surface area contributed by atoms with Crippen molar-refractivity contribution in [3.63, 3.8) is 0 Å². The van der Waals surface area contributed by atoms with Gasteiger partial charge in [-0.15, -0.1) is 0 Å². The second-order valence-electron chi connectivity index (χ2n) is 4.88. The van der Waals surface area contributed by atoms with E-state index in [1.807, 2.05) is 6.92 Å². The molecule has 0 unspecified atom stereocenters. The highest BCUT2D eigenvalue weighted by Crippen LogP contribution is 2.38. The Balaban J connectivity index is 1.88. The van der Waals surface area contributed by atoms with Gasteiger partial charge in [0.15, 0.2) is 17.3 Å². The highest BCUT2D eigenvalue weighted by atomic mass is 32.1. The molecule has 0 aliphatic heterocycles. The summed E-state index contributed by atoms with van der Waals surface area (Å²) in [7, 11) is 0. The van der Waals surface area contributed by atoms with E-state index in [9.17, 15) is 5.11 Å². The first kappa shape index (κ1) is 13.8. The molecule has 2 N–H and O–H groups in total. The van der Waals surface area contributed by atoms with E-state index in [0.717, 1.165) is 24.2 Å². The summed E-state index contributed by atoms with van der Waals surface area (Å²) >= 11 is 5.19. The van der Waals surface area contributed by atoms with Gasteiger partial charge in [-0.2, -0.15) is 14.9 Å². The van der Waals surface area contributed by atoms with Crippen LogP contribution in [0.25, 0.3) is 0 Å². The van der Waals surface area contributed by atoms with Crippen LogP contribution < -0.4 is 4.74 Å². The molecule has 1 heterocycles. The van der Waals surface area contributed by atoms with Gasteiger partial charge >= 0.3 is 0 Å². The van der Waals surface area contributed by atoms with Gasteiger partial charge in [-0.25, -0.2) is 0 Å². The number of H-pyrrole nitrogens is 1. The van der Waals surface area contributed by atoms with Crippen molar-refractivity contribution in [2.75, 3.05) is 6.61 Å². The van der Waals surface area contributed by atoms with Crippen LogP contribution in [0.5, 0.6) is 11.5 Å². The van der Waals surface area contributed by atoms with Gasteiger partial charge in [-0.3, -0.25) is 5.10 Å². The Labute approximate surface area is 127 Å². The number of nitrogens with zero attached hydrogens (tertiary/aromatic N) is 3. The fourth-order valence-electron chi connectivity index (χ4n) is 2.03. The van der Waals surface area contributed by atoms with Crippen LogP contribution in [-0.2, 0) is 0 Å². The number of phenols is 1. The molecule has 6 nitrogen and oxygen atoms in total. The lowest BCUT2D eigenvalue weighted by Gasteiger charge is -2.06. The Hall–Kier alpha value is -2.15. The maximum absolute atomic E-state index is 9.68. The molecule has 0 saturated heterocycles. The Bertz CT molecular complexity index is 731. The fraction of sp³-hybridized carbons (Fsp3) is 0.357. The van der Waals surface area contributed by atoms with Crippen LogP contribution in [0.2, 0.25) is 0 Å². The van der Waals surface area contributed by atoms with Crippen LogP contribution in [0, 0.1) is 4.77 Å². The number of aromatic amines is 1. The summed E-state index contributed by atoms with van der Waals surface area (Å²) in [6.45, 7) is 2.36. The van der Waals surface area contributed by atoms with Gasteiger partial charge in [-0.05, 0) is 55.7 Å². The molecule has 0 spiro atoms. The molecule has 3 rings (SSSR count). The van der Waals surface area contributed by atoms with E-state index >= 15 is 0 Å². The van der Waals surface area contributed by atoms with Crippen molar-refractivity contribution in [1.82, 2.24) is 14.9 Å². The molecule has 1 aliphatic rings. The third kappa shape index (κ3) is 2.97. The number of phenolic OH excluding ortho intramolecular Hbond substituents is 1. The maximum Gasteiger partial charge on any atom is 0.216 e. The second kappa shape index (κ2) is 5.69. The third-order valence-corrected chi connectivity index (χ3v) is 3.49. The Kier molecular flexibility index (Phi) is 3.74. The standard InChI is InChI=1S/C14H16N4O2S/c1-2-20-12-7-9(3-6-11(12)19)8-15-18-13(10-4-5-10)16-17-14(18)21/h3,6-8,10,19H,2,4-5H2,1H3,(H,17,21)/b15-8+. The van der Waals surface area contributed by atoms with Gasteiger partial charge < -0.3 is 9.84 Å². The highest BCUT2D eigenvalue weighted by Gasteiger charge is 2.29. The smallest absolute Gasteiger partial charge is 0.216 e. The third-order valence-electron chi connectivity index (χ3n) is 3.22. The molecule has 1 fully saturated rings. The Morgan fingerprint density at radius 3 is 3.10 bits per heavy atom. The summed E-state index contributed by atoms with van der Waals surface area (Å²) in [5.74, 6) is 1.89. The molecule has 0 radical (unpaired) electrons. The molecule has 1 aromatic carbocycles. The molecule has 21 heavy (non-hydrogen) atoms. The zero-order valence-electron chi connectivity index (χ0n) is 11.6. The van der Waals surface area contributed by atoms with Crippen LogP contribution in [0.1, 0.15) is 37.1 Å². The van der Waals surface area contributed by atoms with Gasteiger partial charge in [0.2, 0.25) is 4.77 Å². The number of aromatic hydroxyl groups is 1. The SMILES string of the molecule is CCOc1cc(/C=N/n2c(C3CC3)n[nH]c2=S)ccc1O. The van der Waals surface area contributed by atoms with E-state index in [0.29, 0.717) is 23.0 Å². The van der Waals surface area contributed by atoms with Crippen LogP contribution >= 0.6 is 12.2 Å². The van der Waals surface area contributed by atoms with Gasteiger partial charge in [0.05, 0.1) is 12.8 Å². The zero-order valence-corrected chi connectivity index (χ0v) is 12.4. The van der Waals surface area contributed by atoms with E-state index in [2.05, 4.69) is 15.3 Å². The van der Waals surface area contributed by atoms with Gasteiger partial charge in [0, 0.05) is 5.92 Å².